The van der Waals surface area contributed by atoms with Crippen molar-refractivity contribution in [3.8, 4) is 0 Å². The summed E-state index contributed by atoms with van der Waals surface area (Å²) in [6.45, 7) is 10.0. The molecule has 0 aliphatic carbocycles. The van der Waals surface area contributed by atoms with Crippen LogP contribution >= 0.6 is 7.60 Å². The monoisotopic (exact) mass is 177 g/mol. The zero-order valence-electron chi connectivity index (χ0n) is 6.74. The summed E-state index contributed by atoms with van der Waals surface area (Å²) in [7, 11) is -2.93. The van der Waals surface area contributed by atoms with Crippen LogP contribution in [0.2, 0.25) is 0 Å². The second-order valence-corrected chi connectivity index (χ2v) is 4.13. The van der Waals surface area contributed by atoms with Gasteiger partial charge in [-0.1, -0.05) is 6.92 Å². The lowest BCUT2D eigenvalue weighted by Gasteiger charge is -2.11. The van der Waals surface area contributed by atoms with Gasteiger partial charge in [0.1, 0.15) is 0 Å². The summed E-state index contributed by atoms with van der Waals surface area (Å²) >= 11 is 0. The van der Waals surface area contributed by atoms with Crippen LogP contribution in [0.3, 0.4) is 0 Å². The molecular weight excluding hydrogens is 165 g/mol. The van der Waals surface area contributed by atoms with E-state index in [1.54, 1.807) is 13.8 Å². The molecule has 0 heterocycles. The number of hydrogen-bond acceptors (Lipinski definition) is 3. The zero-order chi connectivity index (χ0) is 8.74. The van der Waals surface area contributed by atoms with Crippen molar-refractivity contribution in [2.75, 3.05) is 19.5 Å². The summed E-state index contributed by atoms with van der Waals surface area (Å²) in [5.74, 6) is 0. The molecule has 0 saturated heterocycles. The fourth-order valence-corrected chi connectivity index (χ4v) is 1.60. The molecule has 0 aliphatic rings. The Morgan fingerprint density at radius 2 is 2.09 bits per heavy atom. The fourth-order valence-electron chi connectivity index (χ4n) is 0.533. The molecule has 0 amide bonds. The molecule has 0 aromatic heterocycles. The third kappa shape index (κ3) is 4.15. The highest BCUT2D eigenvalue weighted by Gasteiger charge is 2.21. The van der Waals surface area contributed by atoms with E-state index in [4.69, 9.17) is 15.6 Å². The van der Waals surface area contributed by atoms with Gasteiger partial charge in [-0.25, -0.2) is 11.1 Å². The summed E-state index contributed by atoms with van der Waals surface area (Å²) in [5.41, 5.74) is 0. The third-order valence-electron chi connectivity index (χ3n) is 1.03. The van der Waals surface area contributed by atoms with Crippen LogP contribution in [-0.2, 0) is 13.6 Å². The summed E-state index contributed by atoms with van der Waals surface area (Å²) in [6.07, 6.45) is 0.316. The molecular formula is C6H12NO3P. The summed E-state index contributed by atoms with van der Waals surface area (Å²) in [4.78, 5) is 2.93. The van der Waals surface area contributed by atoms with Crippen LogP contribution in [0.25, 0.3) is 4.85 Å². The summed E-state index contributed by atoms with van der Waals surface area (Å²) in [5, 5.41) is 0. The van der Waals surface area contributed by atoms with Gasteiger partial charge >= 0.3 is 14.3 Å². The molecule has 0 fully saturated rings. The molecule has 0 bridgehead atoms. The van der Waals surface area contributed by atoms with Gasteiger partial charge in [-0.3, -0.25) is 9.41 Å². The first-order chi connectivity index (χ1) is 5.18. The van der Waals surface area contributed by atoms with Crippen molar-refractivity contribution in [1.29, 1.82) is 0 Å². The largest absolute Gasteiger partial charge is 0.336 e. The minimum absolute atomic E-state index is 0.189. The van der Waals surface area contributed by atoms with Crippen molar-refractivity contribution in [2.24, 2.45) is 0 Å². The highest BCUT2D eigenvalue weighted by atomic mass is 31.2. The minimum atomic E-state index is -2.93. The number of rotatable bonds is 5. The Morgan fingerprint density at radius 1 is 1.45 bits per heavy atom. The molecule has 4 nitrogen and oxygen atoms in total. The molecule has 64 valence electrons. The molecule has 5 heteroatoms. The van der Waals surface area contributed by atoms with Gasteiger partial charge in [0.05, 0.1) is 6.61 Å². The van der Waals surface area contributed by atoms with Gasteiger partial charge in [0.15, 0.2) is 0 Å². The van der Waals surface area contributed by atoms with Crippen LogP contribution in [0.1, 0.15) is 13.8 Å². The second-order valence-electron chi connectivity index (χ2n) is 1.76. The zero-order valence-corrected chi connectivity index (χ0v) is 7.63. The Bertz CT molecular complexity index is 187. The van der Waals surface area contributed by atoms with Crippen molar-refractivity contribution < 1.29 is 13.6 Å². The SMILES string of the molecule is [C-]#[N+]COP(=O)(CC)OCC. The quantitative estimate of drug-likeness (QED) is 0.477. The lowest BCUT2D eigenvalue weighted by molar-refractivity contribution is 0.228. The van der Waals surface area contributed by atoms with Gasteiger partial charge in [0, 0.05) is 6.16 Å². The van der Waals surface area contributed by atoms with Crippen LogP contribution in [0.5, 0.6) is 0 Å². The maximum absolute atomic E-state index is 11.4. The molecule has 1 atom stereocenters. The summed E-state index contributed by atoms with van der Waals surface area (Å²) in [6, 6.07) is 0. The van der Waals surface area contributed by atoms with Crippen molar-refractivity contribution in [3.05, 3.63) is 11.4 Å². The highest BCUT2D eigenvalue weighted by Crippen LogP contribution is 2.47. The number of nitrogens with zero attached hydrogens (tertiary/aromatic N) is 1. The van der Waals surface area contributed by atoms with Crippen molar-refractivity contribution >= 4 is 7.60 Å². The average molecular weight is 177 g/mol. The van der Waals surface area contributed by atoms with E-state index in [-0.39, 0.29) is 6.73 Å². The van der Waals surface area contributed by atoms with E-state index in [2.05, 4.69) is 4.85 Å². The first-order valence-corrected chi connectivity index (χ1v) is 5.12. The molecule has 0 N–H and O–H groups in total. The lowest BCUT2D eigenvalue weighted by atomic mass is 10.9. The van der Waals surface area contributed by atoms with Crippen LogP contribution < -0.4 is 0 Å². The van der Waals surface area contributed by atoms with Crippen molar-refractivity contribution in [2.45, 2.75) is 13.8 Å². The molecule has 0 aliphatic heterocycles. The lowest BCUT2D eigenvalue weighted by Crippen LogP contribution is -1.97. The normalized spacial score (nSPS) is 15.4. The van der Waals surface area contributed by atoms with E-state index in [9.17, 15) is 4.57 Å². The fraction of sp³-hybridized carbons (Fsp3) is 0.833. The van der Waals surface area contributed by atoms with Gasteiger partial charge in [-0.05, 0) is 6.92 Å². The second kappa shape index (κ2) is 5.31. The topological polar surface area (TPSA) is 39.9 Å². The van der Waals surface area contributed by atoms with Crippen molar-refractivity contribution in [3.63, 3.8) is 0 Å². The molecule has 0 radical (unpaired) electrons. The van der Waals surface area contributed by atoms with Crippen LogP contribution in [0.15, 0.2) is 0 Å². The van der Waals surface area contributed by atoms with Crippen molar-refractivity contribution in [1.82, 2.24) is 0 Å². The Labute approximate surface area is 66.9 Å². The number of hydrogen-bond donors (Lipinski definition) is 0. The average Bonchev–Trinajstić information content (AvgIpc) is 2.02. The molecule has 0 rings (SSSR count). The minimum Gasteiger partial charge on any atom is -0.309 e. The van der Waals surface area contributed by atoms with E-state index in [0.29, 0.717) is 12.8 Å². The van der Waals surface area contributed by atoms with Gasteiger partial charge in [0.2, 0.25) is 0 Å². The van der Waals surface area contributed by atoms with E-state index < -0.39 is 7.60 Å². The van der Waals surface area contributed by atoms with Gasteiger partial charge in [-0.15, -0.1) is 0 Å². The highest BCUT2D eigenvalue weighted by molar-refractivity contribution is 7.53. The Kier molecular flexibility index (Phi) is 5.14. The molecule has 0 spiro atoms. The predicted octanol–water partition coefficient (Wildman–Crippen LogP) is 2.13. The summed E-state index contributed by atoms with van der Waals surface area (Å²) < 4.78 is 21.0. The Morgan fingerprint density at radius 3 is 2.45 bits per heavy atom. The first-order valence-electron chi connectivity index (χ1n) is 3.40. The standard InChI is InChI=1S/C6H12NO3P/c1-4-9-11(8,5-2)10-6-7-3/h4-6H2,1-2H3. The van der Waals surface area contributed by atoms with E-state index in [1.807, 2.05) is 0 Å². The Balaban J connectivity index is 3.91. The van der Waals surface area contributed by atoms with Crippen LogP contribution in [0.4, 0.5) is 0 Å². The van der Waals surface area contributed by atoms with Gasteiger partial charge in [-0.2, -0.15) is 0 Å². The third-order valence-corrected chi connectivity index (χ3v) is 2.97. The molecule has 0 aromatic rings. The first kappa shape index (κ1) is 10.6. The molecule has 11 heavy (non-hydrogen) atoms. The maximum atomic E-state index is 11.4. The van der Waals surface area contributed by atoms with E-state index in [1.165, 1.54) is 0 Å². The van der Waals surface area contributed by atoms with E-state index >= 15 is 0 Å². The van der Waals surface area contributed by atoms with E-state index in [0.717, 1.165) is 0 Å². The Hall–Kier alpha value is -0.360. The molecule has 0 aromatic carbocycles. The predicted molar refractivity (Wildman–Crippen MR) is 42.3 cm³/mol. The molecule has 1 unspecified atom stereocenters. The van der Waals surface area contributed by atoms with Gasteiger partial charge < -0.3 is 4.52 Å². The smallest absolute Gasteiger partial charge is 0.309 e. The molecule has 0 saturated carbocycles. The van der Waals surface area contributed by atoms with Crippen LogP contribution in [0, 0.1) is 6.57 Å². The van der Waals surface area contributed by atoms with Crippen LogP contribution in [-0.4, -0.2) is 19.5 Å². The maximum Gasteiger partial charge on any atom is 0.336 e. The van der Waals surface area contributed by atoms with Gasteiger partial charge in [0.25, 0.3) is 0 Å².